The Bertz CT molecular complexity index is 358. The number of aliphatic carboxylic acids is 1. The number of rotatable bonds is 6. The Labute approximate surface area is 96.1 Å². The molecular formula is C13H18O3. The van der Waals surface area contributed by atoms with E-state index in [1.807, 2.05) is 25.1 Å². The summed E-state index contributed by atoms with van der Waals surface area (Å²) in [6, 6.07) is 5.82. The number of carboxylic acid groups (broad SMARTS) is 1. The van der Waals surface area contributed by atoms with Crippen molar-refractivity contribution in [2.75, 3.05) is 6.61 Å². The molecule has 1 N–H and O–H groups in total. The second-order valence-corrected chi connectivity index (χ2v) is 3.83. The van der Waals surface area contributed by atoms with Crippen molar-refractivity contribution in [3.05, 3.63) is 29.3 Å². The first-order valence-electron chi connectivity index (χ1n) is 5.57. The summed E-state index contributed by atoms with van der Waals surface area (Å²) in [5.74, 6) is 0.101. The van der Waals surface area contributed by atoms with Crippen LogP contribution in [0.15, 0.2) is 18.2 Å². The van der Waals surface area contributed by atoms with Crippen LogP contribution in [0.2, 0.25) is 0 Å². The number of carbonyl (C=O) groups is 1. The van der Waals surface area contributed by atoms with Crippen LogP contribution >= 0.6 is 0 Å². The first-order chi connectivity index (χ1) is 7.63. The minimum atomic E-state index is -0.759. The molecule has 0 aromatic heterocycles. The smallest absolute Gasteiger partial charge is 0.303 e. The average Bonchev–Trinajstić information content (AvgIpc) is 2.24. The summed E-state index contributed by atoms with van der Waals surface area (Å²) in [7, 11) is 0. The maximum absolute atomic E-state index is 10.5. The third-order valence-electron chi connectivity index (χ3n) is 2.40. The molecular weight excluding hydrogens is 204 g/mol. The molecule has 0 bridgehead atoms. The lowest BCUT2D eigenvalue weighted by atomic mass is 10.0. The first-order valence-corrected chi connectivity index (χ1v) is 5.57. The predicted molar refractivity (Wildman–Crippen MR) is 62.9 cm³/mol. The van der Waals surface area contributed by atoms with E-state index in [1.54, 1.807) is 0 Å². The predicted octanol–water partition coefficient (Wildman–Crippen LogP) is 2.80. The number of hydrogen-bond donors (Lipinski definition) is 1. The Morgan fingerprint density at radius 3 is 2.75 bits per heavy atom. The highest BCUT2D eigenvalue weighted by atomic mass is 16.5. The van der Waals surface area contributed by atoms with Gasteiger partial charge in [0, 0.05) is 6.42 Å². The van der Waals surface area contributed by atoms with Crippen molar-refractivity contribution in [3.8, 4) is 5.75 Å². The highest BCUT2D eigenvalue weighted by molar-refractivity contribution is 5.67. The molecule has 88 valence electrons. The van der Waals surface area contributed by atoms with Crippen LogP contribution in [-0.4, -0.2) is 17.7 Å². The Hall–Kier alpha value is -1.51. The fourth-order valence-electron chi connectivity index (χ4n) is 1.50. The van der Waals surface area contributed by atoms with E-state index in [9.17, 15) is 4.79 Å². The van der Waals surface area contributed by atoms with Crippen LogP contribution in [0.25, 0.3) is 0 Å². The summed E-state index contributed by atoms with van der Waals surface area (Å²) in [6.45, 7) is 4.76. The molecule has 0 aliphatic heterocycles. The fraction of sp³-hybridized carbons (Fsp3) is 0.462. The second-order valence-electron chi connectivity index (χ2n) is 3.83. The Morgan fingerprint density at radius 2 is 2.19 bits per heavy atom. The van der Waals surface area contributed by atoms with E-state index in [2.05, 4.69) is 6.92 Å². The minimum absolute atomic E-state index is 0.177. The molecule has 1 aromatic rings. The SMILES string of the molecule is CCCOc1ccc(CCC(=O)O)c(C)c1. The Morgan fingerprint density at radius 1 is 1.44 bits per heavy atom. The topological polar surface area (TPSA) is 46.5 Å². The number of aryl methyl sites for hydroxylation is 2. The van der Waals surface area contributed by atoms with Crippen LogP contribution in [0.1, 0.15) is 30.9 Å². The van der Waals surface area contributed by atoms with Gasteiger partial charge in [0.2, 0.25) is 0 Å². The standard InChI is InChI=1S/C13H18O3/c1-3-8-16-12-6-4-11(10(2)9-12)5-7-13(14)15/h4,6,9H,3,5,7-8H2,1-2H3,(H,14,15). The zero-order chi connectivity index (χ0) is 12.0. The van der Waals surface area contributed by atoms with Gasteiger partial charge < -0.3 is 9.84 Å². The maximum atomic E-state index is 10.5. The lowest BCUT2D eigenvalue weighted by Gasteiger charge is -2.08. The number of carboxylic acids is 1. The lowest BCUT2D eigenvalue weighted by Crippen LogP contribution is -2.00. The van der Waals surface area contributed by atoms with Gasteiger partial charge in [-0.25, -0.2) is 0 Å². The van der Waals surface area contributed by atoms with Crippen molar-refractivity contribution in [3.63, 3.8) is 0 Å². The number of benzene rings is 1. The summed E-state index contributed by atoms with van der Waals surface area (Å²) in [6.07, 6.45) is 1.74. The molecule has 1 rings (SSSR count). The van der Waals surface area contributed by atoms with E-state index in [0.717, 1.165) is 23.3 Å². The number of ether oxygens (including phenoxy) is 1. The molecule has 0 atom stereocenters. The van der Waals surface area contributed by atoms with Crippen LogP contribution < -0.4 is 4.74 Å². The molecule has 0 fully saturated rings. The van der Waals surface area contributed by atoms with E-state index >= 15 is 0 Å². The van der Waals surface area contributed by atoms with Gasteiger partial charge in [0.15, 0.2) is 0 Å². The van der Waals surface area contributed by atoms with Crippen molar-refractivity contribution in [1.82, 2.24) is 0 Å². The molecule has 0 aliphatic rings. The van der Waals surface area contributed by atoms with Gasteiger partial charge in [-0.3, -0.25) is 4.79 Å². The van der Waals surface area contributed by atoms with Crippen molar-refractivity contribution in [2.45, 2.75) is 33.1 Å². The summed E-state index contributed by atoms with van der Waals surface area (Å²) < 4.78 is 5.50. The summed E-state index contributed by atoms with van der Waals surface area (Å²) in [5.41, 5.74) is 2.17. The van der Waals surface area contributed by atoms with Crippen LogP contribution in [0.3, 0.4) is 0 Å². The van der Waals surface area contributed by atoms with Crippen molar-refractivity contribution in [2.24, 2.45) is 0 Å². The van der Waals surface area contributed by atoms with E-state index in [0.29, 0.717) is 13.0 Å². The third-order valence-corrected chi connectivity index (χ3v) is 2.40. The first kappa shape index (κ1) is 12.6. The molecule has 3 heteroatoms. The van der Waals surface area contributed by atoms with E-state index in [1.165, 1.54) is 0 Å². The zero-order valence-electron chi connectivity index (χ0n) is 9.82. The monoisotopic (exact) mass is 222 g/mol. The lowest BCUT2D eigenvalue weighted by molar-refractivity contribution is -0.136. The fourth-order valence-corrected chi connectivity index (χ4v) is 1.50. The van der Waals surface area contributed by atoms with Gasteiger partial charge in [0.05, 0.1) is 6.61 Å². The van der Waals surface area contributed by atoms with E-state index < -0.39 is 5.97 Å². The van der Waals surface area contributed by atoms with Gasteiger partial charge in [-0.15, -0.1) is 0 Å². The number of hydrogen-bond acceptors (Lipinski definition) is 2. The normalized spacial score (nSPS) is 10.1. The molecule has 1 aromatic carbocycles. The molecule has 3 nitrogen and oxygen atoms in total. The van der Waals surface area contributed by atoms with Crippen molar-refractivity contribution >= 4 is 5.97 Å². The summed E-state index contributed by atoms with van der Waals surface area (Å²) >= 11 is 0. The molecule has 0 aliphatic carbocycles. The van der Waals surface area contributed by atoms with Crippen molar-refractivity contribution < 1.29 is 14.6 Å². The van der Waals surface area contributed by atoms with Gasteiger partial charge in [-0.1, -0.05) is 13.0 Å². The molecule has 0 radical (unpaired) electrons. The maximum Gasteiger partial charge on any atom is 0.303 e. The van der Waals surface area contributed by atoms with Gasteiger partial charge in [-0.2, -0.15) is 0 Å². The Kier molecular flexibility index (Phi) is 4.83. The molecule has 0 unspecified atom stereocenters. The van der Waals surface area contributed by atoms with Gasteiger partial charge in [-0.05, 0) is 43.0 Å². The average molecular weight is 222 g/mol. The molecule has 0 amide bonds. The summed E-state index contributed by atoms with van der Waals surface area (Å²) in [5, 5.41) is 8.61. The highest BCUT2D eigenvalue weighted by Crippen LogP contribution is 2.18. The van der Waals surface area contributed by atoms with Crippen LogP contribution in [0.4, 0.5) is 0 Å². The molecule has 0 saturated heterocycles. The molecule has 0 saturated carbocycles. The zero-order valence-corrected chi connectivity index (χ0v) is 9.82. The van der Waals surface area contributed by atoms with Gasteiger partial charge >= 0.3 is 5.97 Å². The molecule has 0 spiro atoms. The van der Waals surface area contributed by atoms with E-state index in [4.69, 9.17) is 9.84 Å². The van der Waals surface area contributed by atoms with Crippen LogP contribution in [0.5, 0.6) is 5.75 Å². The minimum Gasteiger partial charge on any atom is -0.494 e. The second kappa shape index (κ2) is 6.16. The molecule has 16 heavy (non-hydrogen) atoms. The Balaban J connectivity index is 2.63. The highest BCUT2D eigenvalue weighted by Gasteiger charge is 2.03. The van der Waals surface area contributed by atoms with Crippen molar-refractivity contribution in [1.29, 1.82) is 0 Å². The van der Waals surface area contributed by atoms with Crippen LogP contribution in [0, 0.1) is 6.92 Å². The van der Waals surface area contributed by atoms with Gasteiger partial charge in [0.1, 0.15) is 5.75 Å². The van der Waals surface area contributed by atoms with Crippen LogP contribution in [-0.2, 0) is 11.2 Å². The quantitative estimate of drug-likeness (QED) is 0.805. The molecule has 0 heterocycles. The largest absolute Gasteiger partial charge is 0.494 e. The van der Waals surface area contributed by atoms with Gasteiger partial charge in [0.25, 0.3) is 0 Å². The third kappa shape index (κ3) is 3.93. The summed E-state index contributed by atoms with van der Waals surface area (Å²) in [4.78, 5) is 10.5. The van der Waals surface area contributed by atoms with E-state index in [-0.39, 0.29) is 6.42 Å².